The number of rotatable bonds is 7. The third-order valence-corrected chi connectivity index (χ3v) is 4.44. The second kappa shape index (κ2) is 8.31. The third kappa shape index (κ3) is 5.36. The van der Waals surface area contributed by atoms with Gasteiger partial charge >= 0.3 is 0 Å². The van der Waals surface area contributed by atoms with Crippen LogP contribution in [0.3, 0.4) is 0 Å². The van der Waals surface area contributed by atoms with Crippen LogP contribution < -0.4 is 0 Å². The van der Waals surface area contributed by atoms with E-state index in [1.807, 2.05) is 0 Å². The maximum Gasteiger partial charge on any atom is 0.170 e. The van der Waals surface area contributed by atoms with Gasteiger partial charge in [0.2, 0.25) is 0 Å². The molecule has 6 heteroatoms. The van der Waals surface area contributed by atoms with Crippen molar-refractivity contribution in [3.63, 3.8) is 0 Å². The lowest BCUT2D eigenvalue weighted by atomic mass is 11.0. The van der Waals surface area contributed by atoms with Crippen molar-refractivity contribution in [3.8, 4) is 0 Å². The van der Waals surface area contributed by atoms with Crippen molar-refractivity contribution >= 4 is 16.8 Å². The standard InChI is InChI=1S/C6H16O4P2/c1-7-11(8-2)5-6-12(9-3)10-4/h5-6H2,1-4H3. The molecule has 0 aromatic rings. The molecule has 0 amide bonds. The number of hydrogen-bond donors (Lipinski definition) is 0. The van der Waals surface area contributed by atoms with Crippen molar-refractivity contribution in [1.82, 2.24) is 0 Å². The maximum atomic E-state index is 5.08. The van der Waals surface area contributed by atoms with Crippen LogP contribution in [-0.4, -0.2) is 40.8 Å². The average Bonchev–Trinajstić information content (AvgIpc) is 2.13. The van der Waals surface area contributed by atoms with Gasteiger partial charge in [0.15, 0.2) is 16.8 Å². The topological polar surface area (TPSA) is 36.9 Å². The quantitative estimate of drug-likeness (QED) is 0.609. The Balaban J connectivity index is 3.49. The lowest BCUT2D eigenvalue weighted by molar-refractivity contribution is 0.332. The molecule has 0 N–H and O–H groups in total. The minimum atomic E-state index is -0.744. The molecule has 0 aliphatic heterocycles. The molecule has 0 saturated heterocycles. The lowest BCUT2D eigenvalue weighted by Crippen LogP contribution is -1.96. The van der Waals surface area contributed by atoms with Gasteiger partial charge in [-0.3, -0.25) is 0 Å². The smallest absolute Gasteiger partial charge is 0.170 e. The molecule has 74 valence electrons. The van der Waals surface area contributed by atoms with E-state index < -0.39 is 16.8 Å². The van der Waals surface area contributed by atoms with Gasteiger partial charge in [-0.05, 0) is 0 Å². The molecule has 0 fully saturated rings. The minimum absolute atomic E-state index is 0.744. The van der Waals surface area contributed by atoms with E-state index in [1.165, 1.54) is 0 Å². The molecule has 0 aromatic heterocycles. The monoisotopic (exact) mass is 214 g/mol. The van der Waals surface area contributed by atoms with Crippen LogP contribution in [0.4, 0.5) is 0 Å². The van der Waals surface area contributed by atoms with E-state index in [4.69, 9.17) is 18.1 Å². The molecule has 0 aliphatic rings. The van der Waals surface area contributed by atoms with Gasteiger partial charge in [0.25, 0.3) is 0 Å². The van der Waals surface area contributed by atoms with Crippen LogP contribution in [0.2, 0.25) is 0 Å². The molecule has 12 heavy (non-hydrogen) atoms. The summed E-state index contributed by atoms with van der Waals surface area (Å²) in [7, 11) is 5.11. The summed E-state index contributed by atoms with van der Waals surface area (Å²) in [5.74, 6) is 0. The van der Waals surface area contributed by atoms with E-state index in [9.17, 15) is 0 Å². The van der Waals surface area contributed by atoms with Crippen molar-refractivity contribution in [2.45, 2.75) is 0 Å². The summed E-state index contributed by atoms with van der Waals surface area (Å²) in [5, 5.41) is 0. The molecule has 0 rings (SSSR count). The SMILES string of the molecule is COP(CCP(OC)OC)OC. The first kappa shape index (κ1) is 12.7. The van der Waals surface area contributed by atoms with E-state index in [1.54, 1.807) is 28.4 Å². The summed E-state index contributed by atoms with van der Waals surface area (Å²) in [5.41, 5.74) is 0. The highest BCUT2D eigenvalue weighted by Gasteiger charge is 2.12. The summed E-state index contributed by atoms with van der Waals surface area (Å²) in [4.78, 5) is 0. The first-order chi connectivity index (χ1) is 5.78. The van der Waals surface area contributed by atoms with E-state index in [0.29, 0.717) is 0 Å². The summed E-state index contributed by atoms with van der Waals surface area (Å²) in [6.45, 7) is 0. The van der Waals surface area contributed by atoms with E-state index >= 15 is 0 Å². The van der Waals surface area contributed by atoms with Gasteiger partial charge in [0, 0.05) is 40.8 Å². The van der Waals surface area contributed by atoms with Gasteiger partial charge in [0.1, 0.15) is 0 Å². The predicted molar refractivity (Wildman–Crippen MR) is 51.6 cm³/mol. The van der Waals surface area contributed by atoms with E-state index in [2.05, 4.69) is 0 Å². The Morgan fingerprint density at radius 2 is 0.917 bits per heavy atom. The van der Waals surface area contributed by atoms with Gasteiger partial charge in [-0.2, -0.15) is 0 Å². The Bertz CT molecular complexity index is 83.5. The number of hydrogen-bond acceptors (Lipinski definition) is 4. The molecular weight excluding hydrogens is 198 g/mol. The summed E-state index contributed by atoms with van der Waals surface area (Å²) < 4.78 is 20.3. The Hall–Kier alpha value is 0.700. The largest absolute Gasteiger partial charge is 0.337 e. The zero-order chi connectivity index (χ0) is 9.40. The van der Waals surface area contributed by atoms with Crippen molar-refractivity contribution < 1.29 is 18.1 Å². The highest BCUT2D eigenvalue weighted by molar-refractivity contribution is 7.51. The van der Waals surface area contributed by atoms with Gasteiger partial charge < -0.3 is 18.1 Å². The summed E-state index contributed by atoms with van der Waals surface area (Å²) in [6.07, 6.45) is 1.71. The molecule has 0 aromatic carbocycles. The van der Waals surface area contributed by atoms with Gasteiger partial charge in [0.05, 0.1) is 0 Å². The van der Waals surface area contributed by atoms with Crippen LogP contribution >= 0.6 is 16.8 Å². The van der Waals surface area contributed by atoms with Crippen LogP contribution in [0.15, 0.2) is 0 Å². The fourth-order valence-corrected chi connectivity index (χ4v) is 3.01. The summed E-state index contributed by atoms with van der Waals surface area (Å²) >= 11 is 0. The molecule has 0 heterocycles. The maximum absolute atomic E-state index is 5.08. The average molecular weight is 214 g/mol. The van der Waals surface area contributed by atoms with Crippen LogP contribution in [0.1, 0.15) is 0 Å². The second-order valence-corrected chi connectivity index (χ2v) is 5.53. The van der Waals surface area contributed by atoms with Crippen molar-refractivity contribution in [1.29, 1.82) is 0 Å². The molecule has 0 bridgehead atoms. The van der Waals surface area contributed by atoms with E-state index in [0.717, 1.165) is 12.3 Å². The van der Waals surface area contributed by atoms with Crippen molar-refractivity contribution in [2.24, 2.45) is 0 Å². The predicted octanol–water partition coefficient (Wildman–Crippen LogP) is 2.20. The molecule has 0 spiro atoms. The Morgan fingerprint density at radius 3 is 1.08 bits per heavy atom. The molecule has 0 aliphatic carbocycles. The Labute approximate surface area is 76.4 Å². The van der Waals surface area contributed by atoms with E-state index in [-0.39, 0.29) is 0 Å². The van der Waals surface area contributed by atoms with Gasteiger partial charge in [-0.25, -0.2) is 0 Å². The minimum Gasteiger partial charge on any atom is -0.337 e. The molecule has 0 unspecified atom stereocenters. The van der Waals surface area contributed by atoms with Gasteiger partial charge in [-0.15, -0.1) is 0 Å². The first-order valence-corrected chi connectivity index (χ1v) is 6.22. The normalized spacial score (nSPS) is 11.5. The van der Waals surface area contributed by atoms with Crippen LogP contribution in [0, 0.1) is 0 Å². The van der Waals surface area contributed by atoms with Crippen LogP contribution in [-0.2, 0) is 18.1 Å². The van der Waals surface area contributed by atoms with Crippen LogP contribution in [0.5, 0.6) is 0 Å². The molecule has 0 saturated carbocycles. The third-order valence-electron chi connectivity index (χ3n) is 1.28. The summed E-state index contributed by atoms with van der Waals surface area (Å²) in [6, 6.07) is 0. The zero-order valence-corrected chi connectivity index (χ0v) is 9.73. The lowest BCUT2D eigenvalue weighted by Gasteiger charge is -2.15. The highest BCUT2D eigenvalue weighted by atomic mass is 31.2. The van der Waals surface area contributed by atoms with Crippen LogP contribution in [0.25, 0.3) is 0 Å². The highest BCUT2D eigenvalue weighted by Crippen LogP contribution is 2.43. The first-order valence-electron chi connectivity index (χ1n) is 3.50. The Kier molecular flexibility index (Phi) is 8.79. The zero-order valence-electron chi connectivity index (χ0n) is 7.94. The van der Waals surface area contributed by atoms with Crippen molar-refractivity contribution in [2.75, 3.05) is 40.8 Å². The molecular formula is C6H16O4P2. The molecule has 0 radical (unpaired) electrons. The fourth-order valence-electron chi connectivity index (χ4n) is 0.678. The molecule has 0 atom stereocenters. The second-order valence-electron chi connectivity index (χ2n) is 1.84. The van der Waals surface area contributed by atoms with Gasteiger partial charge in [-0.1, -0.05) is 0 Å². The van der Waals surface area contributed by atoms with Crippen molar-refractivity contribution in [3.05, 3.63) is 0 Å². The Morgan fingerprint density at radius 1 is 0.667 bits per heavy atom. The fraction of sp³-hybridized carbons (Fsp3) is 1.00. The molecule has 4 nitrogen and oxygen atoms in total.